The number of nitrogens with one attached hydrogen (secondary N) is 1. The maximum Gasteiger partial charge on any atom is 0.321 e. The number of carbonyl (C=O) groups excluding carboxylic acids is 2. The molecule has 2 aromatic rings. The molecular weight excluding hydrogens is 341 g/mol. The number of anilines is 1. The maximum absolute atomic E-state index is 12.9. The van der Waals surface area contributed by atoms with E-state index < -0.39 is 0 Å². The third-order valence-electron chi connectivity index (χ3n) is 4.18. The first-order valence-corrected chi connectivity index (χ1v) is 9.11. The molecule has 1 N–H and O–H groups in total. The van der Waals surface area contributed by atoms with E-state index in [0.29, 0.717) is 38.3 Å². The minimum atomic E-state index is -0.340. The van der Waals surface area contributed by atoms with Crippen LogP contribution in [0.3, 0.4) is 0 Å². The van der Waals surface area contributed by atoms with Crippen molar-refractivity contribution in [3.63, 3.8) is 0 Å². The van der Waals surface area contributed by atoms with E-state index in [1.165, 1.54) is 29.1 Å². The van der Waals surface area contributed by atoms with Crippen LogP contribution in [0.4, 0.5) is 14.9 Å². The Kier molecular flexibility index (Phi) is 5.65. The smallest absolute Gasteiger partial charge is 0.321 e. The number of thiophene rings is 1. The summed E-state index contributed by atoms with van der Waals surface area (Å²) >= 11 is 1.66. The van der Waals surface area contributed by atoms with Gasteiger partial charge in [0.1, 0.15) is 5.82 Å². The third-order valence-corrected chi connectivity index (χ3v) is 5.12. The van der Waals surface area contributed by atoms with Crippen LogP contribution in [0.15, 0.2) is 41.8 Å². The zero-order chi connectivity index (χ0) is 17.6. The fourth-order valence-corrected chi connectivity index (χ4v) is 3.45. The van der Waals surface area contributed by atoms with Crippen LogP contribution in [0.25, 0.3) is 0 Å². The van der Waals surface area contributed by atoms with E-state index in [4.69, 9.17) is 0 Å². The van der Waals surface area contributed by atoms with Crippen molar-refractivity contribution in [2.45, 2.75) is 12.8 Å². The third kappa shape index (κ3) is 4.79. The summed E-state index contributed by atoms with van der Waals surface area (Å²) in [6.45, 7) is 2.08. The van der Waals surface area contributed by atoms with Gasteiger partial charge in [0.05, 0.1) is 0 Å². The topological polar surface area (TPSA) is 52.7 Å². The van der Waals surface area contributed by atoms with Crippen LogP contribution in [-0.2, 0) is 11.2 Å². The standard InChI is InChI=1S/C18H20FN3O2S/c19-14-3-5-15(6-4-14)20-18(24)22-11-9-21(10-12-22)17(23)8-7-16-2-1-13-25-16/h1-6,13H,7-12H2,(H,20,24). The molecule has 0 unspecified atom stereocenters. The van der Waals surface area contributed by atoms with Gasteiger partial charge in [-0.05, 0) is 42.1 Å². The number of urea groups is 1. The van der Waals surface area contributed by atoms with Gasteiger partial charge in [-0.2, -0.15) is 0 Å². The lowest BCUT2D eigenvalue weighted by Gasteiger charge is -2.34. The van der Waals surface area contributed by atoms with E-state index >= 15 is 0 Å². The van der Waals surface area contributed by atoms with Crippen molar-refractivity contribution in [3.05, 3.63) is 52.5 Å². The first-order valence-electron chi connectivity index (χ1n) is 8.23. The molecule has 5 nitrogen and oxygen atoms in total. The van der Waals surface area contributed by atoms with Crippen LogP contribution in [0.5, 0.6) is 0 Å². The molecule has 0 spiro atoms. The lowest BCUT2D eigenvalue weighted by molar-refractivity contribution is -0.132. The number of piperazine rings is 1. The Bertz CT molecular complexity index is 710. The lowest BCUT2D eigenvalue weighted by Crippen LogP contribution is -2.51. The van der Waals surface area contributed by atoms with Gasteiger partial charge in [0.15, 0.2) is 0 Å². The van der Waals surface area contributed by atoms with Gasteiger partial charge in [0.25, 0.3) is 0 Å². The molecule has 1 aromatic heterocycles. The maximum atomic E-state index is 12.9. The Morgan fingerprint density at radius 2 is 1.72 bits per heavy atom. The number of nitrogens with zero attached hydrogens (tertiary/aromatic N) is 2. The molecule has 25 heavy (non-hydrogen) atoms. The van der Waals surface area contributed by atoms with Gasteiger partial charge in [-0.15, -0.1) is 11.3 Å². The molecule has 1 aliphatic rings. The first-order chi connectivity index (χ1) is 12.1. The van der Waals surface area contributed by atoms with Gasteiger partial charge in [0, 0.05) is 43.2 Å². The highest BCUT2D eigenvalue weighted by atomic mass is 32.1. The zero-order valence-electron chi connectivity index (χ0n) is 13.8. The van der Waals surface area contributed by atoms with Crippen LogP contribution in [-0.4, -0.2) is 47.9 Å². The van der Waals surface area contributed by atoms with Gasteiger partial charge in [-0.1, -0.05) is 6.07 Å². The van der Waals surface area contributed by atoms with Gasteiger partial charge in [-0.25, -0.2) is 9.18 Å². The van der Waals surface area contributed by atoms with Crippen LogP contribution in [0.2, 0.25) is 0 Å². The highest BCUT2D eigenvalue weighted by molar-refractivity contribution is 7.09. The minimum Gasteiger partial charge on any atom is -0.339 e. The molecule has 3 amide bonds. The number of amides is 3. The van der Waals surface area contributed by atoms with Crippen LogP contribution >= 0.6 is 11.3 Å². The molecule has 7 heteroatoms. The van der Waals surface area contributed by atoms with Crippen LogP contribution in [0, 0.1) is 5.82 Å². The molecule has 1 saturated heterocycles. The van der Waals surface area contributed by atoms with Crippen molar-refractivity contribution in [3.8, 4) is 0 Å². The molecule has 0 radical (unpaired) electrons. The number of rotatable bonds is 4. The summed E-state index contributed by atoms with van der Waals surface area (Å²) in [4.78, 5) is 29.2. The van der Waals surface area contributed by atoms with E-state index in [1.54, 1.807) is 16.2 Å². The van der Waals surface area contributed by atoms with Gasteiger partial charge in [-0.3, -0.25) is 4.79 Å². The molecule has 0 aliphatic carbocycles. The largest absolute Gasteiger partial charge is 0.339 e. The average Bonchev–Trinajstić information content (AvgIpc) is 3.15. The Labute approximate surface area is 150 Å². The Morgan fingerprint density at radius 3 is 2.36 bits per heavy atom. The molecule has 2 heterocycles. The van der Waals surface area contributed by atoms with E-state index in [9.17, 15) is 14.0 Å². The predicted molar refractivity (Wildman–Crippen MR) is 96.2 cm³/mol. The summed E-state index contributed by atoms with van der Waals surface area (Å²) in [6, 6.07) is 9.46. The summed E-state index contributed by atoms with van der Waals surface area (Å²) in [5.74, 6) is -0.209. The van der Waals surface area contributed by atoms with E-state index in [2.05, 4.69) is 5.32 Å². The van der Waals surface area contributed by atoms with Gasteiger partial charge < -0.3 is 15.1 Å². The molecule has 1 fully saturated rings. The van der Waals surface area contributed by atoms with Crippen molar-refractivity contribution < 1.29 is 14.0 Å². The van der Waals surface area contributed by atoms with Crippen molar-refractivity contribution in [1.29, 1.82) is 0 Å². The molecule has 0 atom stereocenters. The molecule has 1 aliphatic heterocycles. The van der Waals surface area contributed by atoms with E-state index in [0.717, 1.165) is 6.42 Å². The second kappa shape index (κ2) is 8.11. The number of aryl methyl sites for hydroxylation is 1. The summed E-state index contributed by atoms with van der Waals surface area (Å²) in [5.41, 5.74) is 0.556. The van der Waals surface area contributed by atoms with Crippen molar-refractivity contribution in [2.24, 2.45) is 0 Å². The average molecular weight is 361 g/mol. The molecule has 132 valence electrons. The number of carbonyl (C=O) groups is 2. The quantitative estimate of drug-likeness (QED) is 0.909. The first kappa shape index (κ1) is 17.4. The van der Waals surface area contributed by atoms with E-state index in [1.807, 2.05) is 22.4 Å². The Balaban J connectivity index is 1.43. The summed E-state index contributed by atoms with van der Waals surface area (Å²) in [5, 5.41) is 4.76. The Morgan fingerprint density at radius 1 is 1.04 bits per heavy atom. The second-order valence-corrected chi connectivity index (χ2v) is 6.92. The highest BCUT2D eigenvalue weighted by Crippen LogP contribution is 2.14. The number of hydrogen-bond acceptors (Lipinski definition) is 3. The lowest BCUT2D eigenvalue weighted by atomic mass is 10.2. The monoisotopic (exact) mass is 361 g/mol. The Hall–Kier alpha value is -2.41. The van der Waals surface area contributed by atoms with Crippen LogP contribution < -0.4 is 5.32 Å². The zero-order valence-corrected chi connectivity index (χ0v) is 14.6. The number of hydrogen-bond donors (Lipinski definition) is 1. The molecule has 3 rings (SSSR count). The fraction of sp³-hybridized carbons (Fsp3) is 0.333. The van der Waals surface area contributed by atoms with E-state index in [-0.39, 0.29) is 17.8 Å². The second-order valence-electron chi connectivity index (χ2n) is 5.88. The molecule has 0 saturated carbocycles. The predicted octanol–water partition coefficient (Wildman–Crippen LogP) is 3.20. The summed E-state index contributed by atoms with van der Waals surface area (Å²) in [7, 11) is 0. The van der Waals surface area contributed by atoms with Crippen molar-refractivity contribution >= 4 is 29.0 Å². The molecule has 1 aromatic carbocycles. The summed E-state index contributed by atoms with van der Waals surface area (Å²) in [6.07, 6.45) is 1.27. The minimum absolute atomic E-state index is 0.131. The van der Waals surface area contributed by atoms with Gasteiger partial charge in [0.2, 0.25) is 5.91 Å². The van der Waals surface area contributed by atoms with Crippen LogP contribution in [0.1, 0.15) is 11.3 Å². The molecular formula is C18H20FN3O2S. The SMILES string of the molecule is O=C(CCc1cccs1)N1CCN(C(=O)Nc2ccc(F)cc2)CC1. The fourth-order valence-electron chi connectivity index (χ4n) is 2.74. The van der Waals surface area contributed by atoms with Gasteiger partial charge >= 0.3 is 6.03 Å². The highest BCUT2D eigenvalue weighted by Gasteiger charge is 2.24. The summed E-state index contributed by atoms with van der Waals surface area (Å²) < 4.78 is 12.9. The van der Waals surface area contributed by atoms with Crippen molar-refractivity contribution in [2.75, 3.05) is 31.5 Å². The number of halogens is 1. The normalized spacial score (nSPS) is 14.4. The number of benzene rings is 1. The molecule has 0 bridgehead atoms. The van der Waals surface area contributed by atoms with Crippen molar-refractivity contribution in [1.82, 2.24) is 9.80 Å².